The third-order valence-electron chi connectivity index (χ3n) is 4.34. The molecule has 3 rings (SSSR count). The molecule has 0 N–H and O–H groups in total. The Balaban J connectivity index is 1.61. The van der Waals surface area contributed by atoms with Crippen LogP contribution in [0, 0.1) is 5.92 Å². The van der Waals surface area contributed by atoms with Gasteiger partial charge in [-0.1, -0.05) is 0 Å². The third kappa shape index (κ3) is 4.66. The monoisotopic (exact) mass is 332 g/mol. The van der Waals surface area contributed by atoms with Crippen LogP contribution in [0.1, 0.15) is 11.3 Å². The quantitative estimate of drug-likeness (QED) is 0.703. The lowest BCUT2D eigenvalue weighted by atomic mass is 10.1. The Morgan fingerprint density at radius 2 is 2.17 bits per heavy atom. The zero-order chi connectivity index (χ0) is 16.9. The average Bonchev–Trinajstić information content (AvgIpc) is 3.09. The van der Waals surface area contributed by atoms with Gasteiger partial charge in [0, 0.05) is 63.6 Å². The molecular weight excluding hydrogens is 304 g/mol. The van der Waals surface area contributed by atoms with Crippen LogP contribution in [0.15, 0.2) is 24.7 Å². The SMILES string of the molecule is CN(C)CCOCC1CN(Cc2cnn(C)c2)Cc2ccnn2C1. The Hall–Kier alpha value is -1.70. The summed E-state index contributed by atoms with van der Waals surface area (Å²) in [5.74, 6) is 0.449. The van der Waals surface area contributed by atoms with Gasteiger partial charge in [-0.25, -0.2) is 0 Å². The molecule has 0 bridgehead atoms. The van der Waals surface area contributed by atoms with E-state index in [1.807, 2.05) is 24.1 Å². The molecule has 1 unspecified atom stereocenters. The minimum atomic E-state index is 0.449. The predicted molar refractivity (Wildman–Crippen MR) is 92.4 cm³/mol. The Bertz CT molecular complexity index is 635. The molecule has 0 aliphatic carbocycles. The maximum atomic E-state index is 5.91. The van der Waals surface area contributed by atoms with Crippen LogP contribution in [0.4, 0.5) is 0 Å². The second-order valence-corrected chi connectivity index (χ2v) is 6.94. The number of rotatable bonds is 7. The van der Waals surface area contributed by atoms with Crippen LogP contribution >= 0.6 is 0 Å². The molecule has 0 fully saturated rings. The van der Waals surface area contributed by atoms with E-state index in [1.54, 1.807) is 0 Å². The van der Waals surface area contributed by atoms with E-state index in [2.05, 4.69) is 51.0 Å². The number of fused-ring (bicyclic) bond motifs is 1. The predicted octanol–water partition coefficient (Wildman–Crippen LogP) is 0.827. The van der Waals surface area contributed by atoms with E-state index < -0.39 is 0 Å². The minimum absolute atomic E-state index is 0.449. The molecule has 24 heavy (non-hydrogen) atoms. The fourth-order valence-electron chi connectivity index (χ4n) is 3.15. The molecule has 3 heterocycles. The first-order chi connectivity index (χ1) is 11.6. The highest BCUT2D eigenvalue weighted by Gasteiger charge is 2.22. The largest absolute Gasteiger partial charge is 0.380 e. The molecule has 2 aromatic rings. The molecule has 7 nitrogen and oxygen atoms in total. The molecular formula is C17H28N6O. The number of ether oxygens (including phenoxy) is 1. The van der Waals surface area contributed by atoms with E-state index in [1.165, 1.54) is 11.3 Å². The summed E-state index contributed by atoms with van der Waals surface area (Å²) < 4.78 is 9.90. The van der Waals surface area contributed by atoms with Crippen molar-refractivity contribution in [1.82, 2.24) is 29.4 Å². The lowest BCUT2D eigenvalue weighted by Gasteiger charge is -2.23. The molecule has 2 aromatic heterocycles. The van der Waals surface area contributed by atoms with Crippen molar-refractivity contribution < 1.29 is 4.74 Å². The number of aryl methyl sites for hydroxylation is 1. The van der Waals surface area contributed by atoms with Gasteiger partial charge in [-0.15, -0.1) is 0 Å². The van der Waals surface area contributed by atoms with Crippen molar-refractivity contribution in [1.29, 1.82) is 0 Å². The summed E-state index contributed by atoms with van der Waals surface area (Å²) in [7, 11) is 6.10. The number of hydrogen-bond acceptors (Lipinski definition) is 5. The van der Waals surface area contributed by atoms with Crippen LogP contribution in [0.25, 0.3) is 0 Å². The summed E-state index contributed by atoms with van der Waals surface area (Å²) in [4.78, 5) is 4.62. The van der Waals surface area contributed by atoms with Crippen molar-refractivity contribution in [3.05, 3.63) is 35.9 Å². The maximum Gasteiger partial charge on any atom is 0.0593 e. The van der Waals surface area contributed by atoms with Gasteiger partial charge in [-0.2, -0.15) is 10.2 Å². The molecule has 1 aliphatic rings. The first kappa shape index (κ1) is 17.1. The smallest absolute Gasteiger partial charge is 0.0593 e. The molecule has 0 saturated carbocycles. The van der Waals surface area contributed by atoms with Crippen LogP contribution < -0.4 is 0 Å². The van der Waals surface area contributed by atoms with Gasteiger partial charge in [0.2, 0.25) is 0 Å². The second kappa shape index (κ2) is 7.92. The van der Waals surface area contributed by atoms with Crippen molar-refractivity contribution in [3.8, 4) is 0 Å². The zero-order valence-corrected chi connectivity index (χ0v) is 14.9. The number of aromatic nitrogens is 4. The summed E-state index contributed by atoms with van der Waals surface area (Å²) in [5, 5.41) is 8.76. The van der Waals surface area contributed by atoms with Crippen LogP contribution in [0.3, 0.4) is 0 Å². The highest BCUT2D eigenvalue weighted by molar-refractivity contribution is 5.06. The number of nitrogens with zero attached hydrogens (tertiary/aromatic N) is 6. The molecule has 1 atom stereocenters. The molecule has 0 amide bonds. The van der Waals surface area contributed by atoms with Crippen molar-refractivity contribution in [2.75, 3.05) is 40.4 Å². The first-order valence-electron chi connectivity index (χ1n) is 8.53. The molecule has 0 radical (unpaired) electrons. The summed E-state index contributed by atoms with van der Waals surface area (Å²) in [5.41, 5.74) is 2.52. The van der Waals surface area contributed by atoms with Gasteiger partial charge in [0.15, 0.2) is 0 Å². The molecule has 132 valence electrons. The van der Waals surface area contributed by atoms with Crippen molar-refractivity contribution in [2.24, 2.45) is 13.0 Å². The first-order valence-corrected chi connectivity index (χ1v) is 8.53. The Kier molecular flexibility index (Phi) is 5.65. The molecule has 7 heteroatoms. The fraction of sp³-hybridized carbons (Fsp3) is 0.647. The van der Waals surface area contributed by atoms with Crippen LogP contribution in [-0.2, 0) is 31.4 Å². The number of hydrogen-bond donors (Lipinski definition) is 0. The molecule has 0 aromatic carbocycles. The van der Waals surface area contributed by atoms with E-state index in [0.29, 0.717) is 5.92 Å². The Morgan fingerprint density at radius 3 is 2.92 bits per heavy atom. The zero-order valence-electron chi connectivity index (χ0n) is 14.9. The standard InChI is InChI=1S/C17H28N6O/c1-20(2)6-7-24-14-16-11-22(10-15-8-19-21(3)9-15)13-17-4-5-18-23(17)12-16/h4-5,8-9,16H,6-7,10-14H2,1-3H3. The summed E-state index contributed by atoms with van der Waals surface area (Å²) >= 11 is 0. The van der Waals surface area contributed by atoms with E-state index in [4.69, 9.17) is 4.74 Å². The van der Waals surface area contributed by atoms with Gasteiger partial charge in [0.05, 0.1) is 25.1 Å². The third-order valence-corrected chi connectivity index (χ3v) is 4.34. The Morgan fingerprint density at radius 1 is 1.29 bits per heavy atom. The number of likely N-dealkylation sites (N-methyl/N-ethyl adjacent to an activating group) is 1. The molecule has 0 saturated heterocycles. The molecule has 0 spiro atoms. The van der Waals surface area contributed by atoms with E-state index in [-0.39, 0.29) is 0 Å². The lowest BCUT2D eigenvalue weighted by molar-refractivity contribution is 0.0673. The highest BCUT2D eigenvalue weighted by atomic mass is 16.5. The van der Waals surface area contributed by atoms with E-state index in [9.17, 15) is 0 Å². The average molecular weight is 332 g/mol. The van der Waals surface area contributed by atoms with Crippen molar-refractivity contribution in [2.45, 2.75) is 19.6 Å². The van der Waals surface area contributed by atoms with Crippen LogP contribution in [0.2, 0.25) is 0 Å². The van der Waals surface area contributed by atoms with Gasteiger partial charge >= 0.3 is 0 Å². The van der Waals surface area contributed by atoms with E-state index in [0.717, 1.165) is 45.9 Å². The highest BCUT2D eigenvalue weighted by Crippen LogP contribution is 2.18. The van der Waals surface area contributed by atoms with Gasteiger partial charge in [0.1, 0.15) is 0 Å². The maximum absolute atomic E-state index is 5.91. The minimum Gasteiger partial charge on any atom is -0.380 e. The summed E-state index contributed by atoms with van der Waals surface area (Å²) in [6, 6.07) is 2.12. The summed E-state index contributed by atoms with van der Waals surface area (Å²) in [6.07, 6.45) is 5.93. The normalized spacial score (nSPS) is 18.8. The van der Waals surface area contributed by atoms with Crippen LogP contribution in [0.5, 0.6) is 0 Å². The van der Waals surface area contributed by atoms with Gasteiger partial charge < -0.3 is 9.64 Å². The van der Waals surface area contributed by atoms with Gasteiger partial charge in [-0.05, 0) is 20.2 Å². The van der Waals surface area contributed by atoms with E-state index >= 15 is 0 Å². The topological polar surface area (TPSA) is 51.4 Å². The van der Waals surface area contributed by atoms with Crippen molar-refractivity contribution in [3.63, 3.8) is 0 Å². The van der Waals surface area contributed by atoms with Crippen LogP contribution in [-0.4, -0.2) is 69.8 Å². The Labute approximate surface area is 143 Å². The lowest BCUT2D eigenvalue weighted by Crippen LogP contribution is -2.30. The fourth-order valence-corrected chi connectivity index (χ4v) is 3.15. The van der Waals surface area contributed by atoms with Gasteiger partial charge in [0.25, 0.3) is 0 Å². The summed E-state index contributed by atoms with van der Waals surface area (Å²) in [6.45, 7) is 6.28. The van der Waals surface area contributed by atoms with Crippen molar-refractivity contribution >= 4 is 0 Å². The molecule has 1 aliphatic heterocycles. The second-order valence-electron chi connectivity index (χ2n) is 6.94. The van der Waals surface area contributed by atoms with Gasteiger partial charge in [-0.3, -0.25) is 14.3 Å².